The third-order valence-corrected chi connectivity index (χ3v) is 6.41. The Morgan fingerprint density at radius 1 is 1.42 bits per heavy atom. The van der Waals surface area contributed by atoms with E-state index >= 15 is 0 Å². The van der Waals surface area contributed by atoms with Crippen LogP contribution in [0.1, 0.15) is 6.92 Å². The Bertz CT molecular complexity index is 823. The molecule has 2 heterocycles. The Labute approximate surface area is 149 Å². The van der Waals surface area contributed by atoms with Crippen LogP contribution in [0.25, 0.3) is 0 Å². The number of hydrogen-bond acceptors (Lipinski definition) is 6. The van der Waals surface area contributed by atoms with Gasteiger partial charge in [-0.25, -0.2) is 13.4 Å². The van der Waals surface area contributed by atoms with Gasteiger partial charge in [-0.2, -0.15) is 4.31 Å². The fourth-order valence-electron chi connectivity index (χ4n) is 1.80. The van der Waals surface area contributed by atoms with E-state index in [0.29, 0.717) is 16.6 Å². The summed E-state index contributed by atoms with van der Waals surface area (Å²) in [5.41, 5.74) is 0.384. The molecule has 0 radical (unpaired) electrons. The molecule has 2 aromatic rings. The number of nitrogens with zero attached hydrogens (tertiary/aromatic N) is 2. The highest BCUT2D eigenvalue weighted by Crippen LogP contribution is 2.27. The summed E-state index contributed by atoms with van der Waals surface area (Å²) in [7, 11) is -2.44. The SMILES string of the molecule is CCOc1ncccc1NC(=O)CN(C)S(=O)(=O)c1ccc(Cl)s1. The van der Waals surface area contributed by atoms with Crippen LogP contribution in [0.4, 0.5) is 5.69 Å². The Kier molecular flexibility index (Phi) is 6.16. The predicted octanol–water partition coefficient (Wildman–Crippen LogP) is 2.45. The molecule has 130 valence electrons. The van der Waals surface area contributed by atoms with E-state index < -0.39 is 15.9 Å². The highest BCUT2D eigenvalue weighted by atomic mass is 35.5. The molecule has 1 amide bonds. The van der Waals surface area contributed by atoms with Gasteiger partial charge < -0.3 is 10.1 Å². The first-order valence-electron chi connectivity index (χ1n) is 6.94. The fourth-order valence-corrected chi connectivity index (χ4v) is 4.63. The van der Waals surface area contributed by atoms with Gasteiger partial charge in [-0.05, 0) is 31.2 Å². The maximum atomic E-state index is 12.4. The topological polar surface area (TPSA) is 88.6 Å². The van der Waals surface area contributed by atoms with Crippen LogP contribution in [0.2, 0.25) is 4.34 Å². The lowest BCUT2D eigenvalue weighted by Gasteiger charge is -2.16. The van der Waals surface area contributed by atoms with Crippen LogP contribution < -0.4 is 10.1 Å². The van der Waals surface area contributed by atoms with Gasteiger partial charge >= 0.3 is 0 Å². The number of rotatable bonds is 7. The Balaban J connectivity index is 2.07. The monoisotopic (exact) mass is 389 g/mol. The van der Waals surface area contributed by atoms with Gasteiger partial charge in [0.05, 0.1) is 17.5 Å². The molecule has 1 N–H and O–H groups in total. The summed E-state index contributed by atoms with van der Waals surface area (Å²) in [5.74, 6) is -0.221. The summed E-state index contributed by atoms with van der Waals surface area (Å²) in [5, 5.41) is 2.60. The molecule has 0 fully saturated rings. The molecule has 0 atom stereocenters. The molecule has 0 unspecified atom stereocenters. The Hall–Kier alpha value is -1.68. The number of likely N-dealkylation sites (N-methyl/N-ethyl adjacent to an activating group) is 1. The number of anilines is 1. The van der Waals surface area contributed by atoms with Gasteiger partial charge in [0, 0.05) is 13.2 Å². The van der Waals surface area contributed by atoms with Crippen LogP contribution in [0.3, 0.4) is 0 Å². The molecular formula is C14H16ClN3O4S2. The minimum Gasteiger partial charge on any atom is -0.476 e. The van der Waals surface area contributed by atoms with Crippen molar-refractivity contribution in [3.05, 3.63) is 34.8 Å². The first-order valence-corrected chi connectivity index (χ1v) is 9.57. The van der Waals surface area contributed by atoms with E-state index in [9.17, 15) is 13.2 Å². The summed E-state index contributed by atoms with van der Waals surface area (Å²) >= 11 is 6.70. The number of ether oxygens (including phenoxy) is 1. The van der Waals surface area contributed by atoms with Gasteiger partial charge in [0.2, 0.25) is 11.8 Å². The summed E-state index contributed by atoms with van der Waals surface area (Å²) in [6.07, 6.45) is 1.54. The molecule has 0 aliphatic carbocycles. The van der Waals surface area contributed by atoms with Crippen molar-refractivity contribution in [2.45, 2.75) is 11.1 Å². The standard InChI is InChI=1S/C14H16ClN3O4S2/c1-3-22-14-10(5-4-8-16-14)17-12(19)9-18(2)24(20,21)13-7-6-11(15)23-13/h4-8H,3,9H2,1-2H3,(H,17,19). The zero-order valence-electron chi connectivity index (χ0n) is 13.0. The highest BCUT2D eigenvalue weighted by molar-refractivity contribution is 7.91. The van der Waals surface area contributed by atoms with Crippen molar-refractivity contribution in [1.29, 1.82) is 0 Å². The minimum atomic E-state index is -3.77. The van der Waals surface area contributed by atoms with Crippen molar-refractivity contribution in [3.63, 3.8) is 0 Å². The highest BCUT2D eigenvalue weighted by Gasteiger charge is 2.25. The maximum Gasteiger partial charge on any atom is 0.252 e. The van der Waals surface area contributed by atoms with Gasteiger partial charge in [-0.15, -0.1) is 11.3 Å². The molecule has 2 aromatic heterocycles. The predicted molar refractivity (Wildman–Crippen MR) is 93.2 cm³/mol. The number of amides is 1. The molecule has 0 bridgehead atoms. The normalized spacial score (nSPS) is 11.5. The number of nitrogens with one attached hydrogen (secondary N) is 1. The molecule has 7 nitrogen and oxygen atoms in total. The van der Waals surface area contributed by atoms with E-state index in [1.165, 1.54) is 25.4 Å². The number of pyridine rings is 1. The third-order valence-electron chi connectivity index (χ3n) is 2.91. The number of sulfonamides is 1. The van der Waals surface area contributed by atoms with Crippen molar-refractivity contribution in [1.82, 2.24) is 9.29 Å². The van der Waals surface area contributed by atoms with Crippen molar-refractivity contribution in [2.24, 2.45) is 0 Å². The minimum absolute atomic E-state index is 0.0826. The van der Waals surface area contributed by atoms with Crippen molar-refractivity contribution in [3.8, 4) is 5.88 Å². The second kappa shape index (κ2) is 7.93. The van der Waals surface area contributed by atoms with E-state index in [1.54, 1.807) is 19.1 Å². The largest absolute Gasteiger partial charge is 0.476 e. The lowest BCUT2D eigenvalue weighted by molar-refractivity contribution is -0.116. The Morgan fingerprint density at radius 3 is 2.79 bits per heavy atom. The van der Waals surface area contributed by atoms with Crippen LogP contribution >= 0.6 is 22.9 Å². The lowest BCUT2D eigenvalue weighted by atomic mass is 10.4. The van der Waals surface area contributed by atoms with Crippen molar-refractivity contribution in [2.75, 3.05) is 25.5 Å². The van der Waals surface area contributed by atoms with Gasteiger partial charge in [-0.1, -0.05) is 11.6 Å². The number of carbonyl (C=O) groups excluding carboxylic acids is 1. The summed E-state index contributed by atoms with van der Waals surface area (Å²) in [4.78, 5) is 16.2. The molecule has 0 saturated carbocycles. The first-order chi connectivity index (χ1) is 11.3. The zero-order chi connectivity index (χ0) is 17.7. The molecule has 0 aliphatic rings. The van der Waals surface area contributed by atoms with Crippen molar-refractivity contribution < 1.29 is 17.9 Å². The smallest absolute Gasteiger partial charge is 0.252 e. The van der Waals surface area contributed by atoms with Crippen molar-refractivity contribution >= 4 is 44.6 Å². The maximum absolute atomic E-state index is 12.4. The third kappa shape index (κ3) is 4.44. The second-order valence-corrected chi connectivity index (χ2v) is 8.64. The van der Waals surface area contributed by atoms with Gasteiger partial charge in [0.1, 0.15) is 9.90 Å². The summed E-state index contributed by atoms with van der Waals surface area (Å²) in [6.45, 7) is 1.85. The summed E-state index contributed by atoms with van der Waals surface area (Å²) in [6, 6.07) is 6.18. The van der Waals surface area contributed by atoms with E-state index in [0.717, 1.165) is 15.6 Å². The number of halogens is 1. The molecule has 10 heteroatoms. The van der Waals surface area contributed by atoms with Crippen LogP contribution in [-0.2, 0) is 14.8 Å². The fraction of sp³-hybridized carbons (Fsp3) is 0.286. The molecule has 2 rings (SSSR count). The lowest BCUT2D eigenvalue weighted by Crippen LogP contribution is -2.34. The van der Waals surface area contributed by atoms with E-state index in [-0.39, 0.29) is 16.6 Å². The molecular weight excluding hydrogens is 374 g/mol. The number of aromatic nitrogens is 1. The molecule has 0 saturated heterocycles. The van der Waals surface area contributed by atoms with Gasteiger partial charge in [0.15, 0.2) is 0 Å². The summed E-state index contributed by atoms with van der Waals surface area (Å²) < 4.78 is 31.4. The van der Waals surface area contributed by atoms with Gasteiger partial charge in [0.25, 0.3) is 10.0 Å². The van der Waals surface area contributed by atoms with E-state index in [1.807, 2.05) is 0 Å². The average molecular weight is 390 g/mol. The van der Waals surface area contributed by atoms with Crippen LogP contribution in [0.15, 0.2) is 34.7 Å². The number of hydrogen-bond donors (Lipinski definition) is 1. The molecule has 0 aromatic carbocycles. The molecule has 0 aliphatic heterocycles. The average Bonchev–Trinajstić information content (AvgIpc) is 2.96. The molecule has 0 spiro atoms. The zero-order valence-corrected chi connectivity index (χ0v) is 15.4. The van der Waals surface area contributed by atoms with Crippen LogP contribution in [0.5, 0.6) is 5.88 Å². The van der Waals surface area contributed by atoms with E-state index in [2.05, 4.69) is 10.3 Å². The number of carbonyl (C=O) groups is 1. The Morgan fingerprint density at radius 2 is 2.17 bits per heavy atom. The number of thiophene rings is 1. The van der Waals surface area contributed by atoms with E-state index in [4.69, 9.17) is 16.3 Å². The van der Waals surface area contributed by atoms with Crippen LogP contribution in [0, 0.1) is 0 Å². The quantitative estimate of drug-likeness (QED) is 0.785. The molecule has 24 heavy (non-hydrogen) atoms. The van der Waals surface area contributed by atoms with Crippen LogP contribution in [-0.4, -0.2) is 43.8 Å². The first kappa shape index (κ1) is 18.7. The second-order valence-electron chi connectivity index (χ2n) is 4.66. The van der Waals surface area contributed by atoms with Gasteiger partial charge in [-0.3, -0.25) is 4.79 Å².